The Labute approximate surface area is 175 Å². The number of nitrogens with zero attached hydrogens (tertiary/aromatic N) is 1. The number of rotatable bonds is 5. The van der Waals surface area contributed by atoms with Gasteiger partial charge in [-0.15, -0.1) is 0 Å². The summed E-state index contributed by atoms with van der Waals surface area (Å²) in [5.41, 5.74) is 1.46. The van der Waals surface area contributed by atoms with Crippen molar-refractivity contribution in [3.05, 3.63) is 53.1 Å². The molecule has 0 fully saturated rings. The van der Waals surface area contributed by atoms with Crippen molar-refractivity contribution in [1.29, 1.82) is 0 Å². The minimum atomic E-state index is -3.45. The van der Waals surface area contributed by atoms with E-state index >= 15 is 0 Å². The zero-order chi connectivity index (χ0) is 21.3. The van der Waals surface area contributed by atoms with Gasteiger partial charge < -0.3 is 5.32 Å². The van der Waals surface area contributed by atoms with Crippen molar-refractivity contribution in [2.45, 2.75) is 37.6 Å². The molecule has 2 aromatic rings. The highest BCUT2D eigenvalue weighted by Gasteiger charge is 2.39. The maximum Gasteiger partial charge on any atom is 0.247 e. The van der Waals surface area contributed by atoms with Crippen molar-refractivity contribution in [3.63, 3.8) is 0 Å². The summed E-state index contributed by atoms with van der Waals surface area (Å²) >= 11 is 6.22. The summed E-state index contributed by atoms with van der Waals surface area (Å²) in [5, 5.41) is 3.26. The van der Waals surface area contributed by atoms with Gasteiger partial charge in [-0.2, -0.15) is 0 Å². The summed E-state index contributed by atoms with van der Waals surface area (Å²) in [7, 11) is -3.45. The molecule has 0 radical (unpaired) electrons. The largest absolute Gasteiger partial charge is 0.322 e. The van der Waals surface area contributed by atoms with E-state index < -0.39 is 15.9 Å². The van der Waals surface area contributed by atoms with Crippen LogP contribution in [0.1, 0.15) is 25.8 Å². The van der Waals surface area contributed by atoms with Crippen LogP contribution >= 0.6 is 11.6 Å². The summed E-state index contributed by atoms with van der Waals surface area (Å²) in [6.45, 7) is 3.87. The molecule has 2 amide bonds. The van der Waals surface area contributed by atoms with E-state index in [1.54, 1.807) is 30.3 Å². The van der Waals surface area contributed by atoms with Crippen LogP contribution < -0.4 is 10.2 Å². The van der Waals surface area contributed by atoms with Crippen molar-refractivity contribution >= 4 is 44.6 Å². The molecular weight excluding hydrogens is 412 g/mol. The van der Waals surface area contributed by atoms with Crippen LogP contribution in [0.15, 0.2) is 47.4 Å². The van der Waals surface area contributed by atoms with Gasteiger partial charge in [0.05, 0.1) is 22.7 Å². The van der Waals surface area contributed by atoms with Gasteiger partial charge in [0.15, 0.2) is 9.84 Å². The summed E-state index contributed by atoms with van der Waals surface area (Å²) in [5.74, 6) is -0.690. The number of halogens is 1. The predicted octanol–water partition coefficient (Wildman–Crippen LogP) is 3.69. The fraction of sp³-hybridized carbons (Fsp3) is 0.333. The molecule has 1 aliphatic rings. The standard InChI is InChI=1S/C21H23ClN2O4S/c1-4-13(2)20-21(26)23-17-12-15(29(3,27)28)9-10-18(17)24(20)19(25)11-14-7-5-6-8-16(14)22/h5-10,12-13,20H,4,11H2,1-3H3,(H,23,26)/t13?,20-/m0/s1. The van der Waals surface area contributed by atoms with Crippen LogP contribution in [0.25, 0.3) is 0 Å². The first-order chi connectivity index (χ1) is 13.6. The van der Waals surface area contributed by atoms with Crippen LogP contribution in [0, 0.1) is 5.92 Å². The zero-order valence-corrected chi connectivity index (χ0v) is 18.0. The number of carbonyl (C=O) groups is 2. The Kier molecular flexibility index (Phi) is 6.00. The second-order valence-electron chi connectivity index (χ2n) is 7.30. The van der Waals surface area contributed by atoms with E-state index in [2.05, 4.69) is 5.32 Å². The molecule has 1 unspecified atom stereocenters. The van der Waals surface area contributed by atoms with Gasteiger partial charge in [-0.3, -0.25) is 14.5 Å². The number of benzene rings is 2. The molecule has 1 N–H and O–H groups in total. The first-order valence-corrected chi connectivity index (χ1v) is 11.6. The van der Waals surface area contributed by atoms with Gasteiger partial charge in [0.2, 0.25) is 11.8 Å². The third-order valence-electron chi connectivity index (χ3n) is 5.21. The number of anilines is 2. The molecule has 0 aromatic heterocycles. The van der Waals surface area contributed by atoms with Gasteiger partial charge in [-0.25, -0.2) is 8.42 Å². The van der Waals surface area contributed by atoms with Crippen LogP contribution in [-0.4, -0.2) is 32.5 Å². The molecule has 6 nitrogen and oxygen atoms in total. The van der Waals surface area contributed by atoms with Gasteiger partial charge in [-0.05, 0) is 35.7 Å². The fourth-order valence-corrected chi connectivity index (χ4v) is 4.29. The molecule has 3 rings (SSSR count). The summed E-state index contributed by atoms with van der Waals surface area (Å²) in [4.78, 5) is 27.7. The molecule has 1 heterocycles. The van der Waals surface area contributed by atoms with Crippen LogP contribution in [-0.2, 0) is 25.8 Å². The van der Waals surface area contributed by atoms with Crippen molar-refractivity contribution in [2.75, 3.05) is 16.5 Å². The number of nitrogens with one attached hydrogen (secondary N) is 1. The molecule has 0 bridgehead atoms. The van der Waals surface area contributed by atoms with Gasteiger partial charge >= 0.3 is 0 Å². The minimum Gasteiger partial charge on any atom is -0.322 e. The lowest BCUT2D eigenvalue weighted by Crippen LogP contribution is -2.54. The van der Waals surface area contributed by atoms with Crippen LogP contribution in [0.4, 0.5) is 11.4 Å². The lowest BCUT2D eigenvalue weighted by atomic mass is 9.93. The molecule has 8 heteroatoms. The summed E-state index contributed by atoms with van der Waals surface area (Å²) in [6.07, 6.45) is 1.83. The minimum absolute atomic E-state index is 0.0349. The van der Waals surface area contributed by atoms with Crippen LogP contribution in [0.5, 0.6) is 0 Å². The number of hydrogen-bond acceptors (Lipinski definition) is 4. The normalized spacial score (nSPS) is 17.4. The molecule has 0 spiro atoms. The molecule has 0 saturated carbocycles. The monoisotopic (exact) mass is 434 g/mol. The van der Waals surface area contributed by atoms with Gasteiger partial charge in [-0.1, -0.05) is 50.1 Å². The van der Waals surface area contributed by atoms with Crippen LogP contribution in [0.2, 0.25) is 5.02 Å². The number of carbonyl (C=O) groups excluding carboxylic acids is 2. The highest BCUT2D eigenvalue weighted by molar-refractivity contribution is 7.90. The highest BCUT2D eigenvalue weighted by atomic mass is 35.5. The van der Waals surface area contributed by atoms with E-state index in [0.29, 0.717) is 28.4 Å². The van der Waals surface area contributed by atoms with E-state index in [4.69, 9.17) is 11.6 Å². The topological polar surface area (TPSA) is 83.6 Å². The average Bonchev–Trinajstić information content (AvgIpc) is 2.66. The lowest BCUT2D eigenvalue weighted by Gasteiger charge is -2.39. The Hall–Kier alpha value is -2.38. The fourth-order valence-electron chi connectivity index (χ4n) is 3.45. The number of fused-ring (bicyclic) bond motifs is 1. The van der Waals surface area contributed by atoms with E-state index in [0.717, 1.165) is 6.26 Å². The van der Waals surface area contributed by atoms with E-state index in [9.17, 15) is 18.0 Å². The van der Waals surface area contributed by atoms with E-state index in [1.165, 1.54) is 17.0 Å². The second kappa shape index (κ2) is 8.16. The third kappa shape index (κ3) is 4.31. The maximum atomic E-state index is 13.3. The molecule has 29 heavy (non-hydrogen) atoms. The first kappa shape index (κ1) is 21.3. The van der Waals surface area contributed by atoms with Gasteiger partial charge in [0.1, 0.15) is 6.04 Å². The van der Waals surface area contributed by atoms with Crippen molar-refractivity contribution in [1.82, 2.24) is 0 Å². The maximum absolute atomic E-state index is 13.3. The molecule has 0 aliphatic carbocycles. The Morgan fingerprint density at radius 3 is 2.55 bits per heavy atom. The first-order valence-electron chi connectivity index (χ1n) is 9.34. The molecule has 1 aliphatic heterocycles. The second-order valence-corrected chi connectivity index (χ2v) is 9.73. The molecule has 2 aromatic carbocycles. The Morgan fingerprint density at radius 2 is 1.93 bits per heavy atom. The Morgan fingerprint density at radius 1 is 1.24 bits per heavy atom. The zero-order valence-electron chi connectivity index (χ0n) is 16.5. The van der Waals surface area contributed by atoms with E-state index in [-0.39, 0.29) is 29.0 Å². The molecular formula is C21H23ClN2O4S. The quantitative estimate of drug-likeness (QED) is 0.777. The lowest BCUT2D eigenvalue weighted by molar-refractivity contribution is -0.124. The van der Waals surface area contributed by atoms with Crippen molar-refractivity contribution in [3.8, 4) is 0 Å². The number of sulfone groups is 1. The number of hydrogen-bond donors (Lipinski definition) is 1. The van der Waals surface area contributed by atoms with E-state index in [1.807, 2.05) is 13.8 Å². The van der Waals surface area contributed by atoms with Gasteiger partial charge in [0.25, 0.3) is 0 Å². The Balaban J connectivity index is 2.08. The molecule has 2 atom stereocenters. The summed E-state index contributed by atoms with van der Waals surface area (Å²) < 4.78 is 23.8. The van der Waals surface area contributed by atoms with Crippen molar-refractivity contribution in [2.24, 2.45) is 5.92 Å². The van der Waals surface area contributed by atoms with Crippen LogP contribution in [0.3, 0.4) is 0 Å². The predicted molar refractivity (Wildman–Crippen MR) is 114 cm³/mol. The third-order valence-corrected chi connectivity index (χ3v) is 6.69. The smallest absolute Gasteiger partial charge is 0.247 e. The SMILES string of the molecule is CCC(C)[C@H]1C(=O)Nc2cc(S(C)(=O)=O)ccc2N1C(=O)Cc1ccccc1Cl. The highest BCUT2D eigenvalue weighted by Crippen LogP contribution is 2.37. The van der Waals surface area contributed by atoms with Crippen molar-refractivity contribution < 1.29 is 18.0 Å². The summed E-state index contributed by atoms with van der Waals surface area (Å²) in [6, 6.07) is 10.8. The average molecular weight is 435 g/mol. The number of amides is 2. The Bertz CT molecular complexity index is 1070. The molecule has 154 valence electrons. The van der Waals surface area contributed by atoms with Gasteiger partial charge in [0, 0.05) is 11.3 Å². The molecule has 0 saturated heterocycles.